The van der Waals surface area contributed by atoms with E-state index in [4.69, 9.17) is 0 Å². The molecule has 0 bridgehead atoms. The molecule has 0 N–H and O–H groups in total. The maximum Gasteiger partial charge on any atom is 0.243 e. The Kier molecular flexibility index (Phi) is 4.14. The lowest BCUT2D eigenvalue weighted by Gasteiger charge is -2.23. The van der Waals surface area contributed by atoms with E-state index >= 15 is 0 Å². The Morgan fingerprint density at radius 3 is 2.44 bits per heavy atom. The molecule has 1 aromatic rings. The van der Waals surface area contributed by atoms with Crippen molar-refractivity contribution in [1.29, 1.82) is 0 Å². The van der Waals surface area contributed by atoms with Crippen molar-refractivity contribution in [3.63, 3.8) is 0 Å². The van der Waals surface area contributed by atoms with Crippen LogP contribution in [0.1, 0.15) is 31.2 Å². The summed E-state index contributed by atoms with van der Waals surface area (Å²) in [5.41, 5.74) is 1.04. The summed E-state index contributed by atoms with van der Waals surface area (Å²) in [6.07, 6.45) is 4.20. The minimum Gasteiger partial charge on any atom is -0.207 e. The second-order valence-electron chi connectivity index (χ2n) is 4.87. The summed E-state index contributed by atoms with van der Waals surface area (Å²) < 4.78 is 27.4. The van der Waals surface area contributed by atoms with Gasteiger partial charge in [0.1, 0.15) is 0 Å². The largest absolute Gasteiger partial charge is 0.243 e. The van der Waals surface area contributed by atoms with Crippen molar-refractivity contribution in [2.24, 2.45) is 0 Å². The van der Waals surface area contributed by atoms with Gasteiger partial charge in [0, 0.05) is 17.6 Å². The molecule has 1 aromatic carbocycles. The molecule has 0 aromatic heterocycles. The number of aryl methyl sites for hydroxylation is 1. The van der Waals surface area contributed by atoms with Gasteiger partial charge in [-0.05, 0) is 37.5 Å². The maximum atomic E-state index is 12.5. The molecule has 100 valence electrons. The topological polar surface area (TPSA) is 37.4 Å². The lowest BCUT2D eigenvalue weighted by atomic mass is 10.2. The van der Waals surface area contributed by atoms with Gasteiger partial charge in [-0.25, -0.2) is 8.42 Å². The third-order valence-electron chi connectivity index (χ3n) is 3.66. The van der Waals surface area contributed by atoms with Gasteiger partial charge in [0.05, 0.1) is 4.90 Å². The highest BCUT2D eigenvalue weighted by atomic mass is 79.9. The van der Waals surface area contributed by atoms with Crippen molar-refractivity contribution in [2.75, 3.05) is 7.05 Å². The summed E-state index contributed by atoms with van der Waals surface area (Å²) in [7, 11) is -1.66. The zero-order valence-corrected chi connectivity index (χ0v) is 13.1. The molecule has 1 aliphatic rings. The molecule has 0 spiro atoms. The zero-order chi connectivity index (χ0) is 13.3. The van der Waals surface area contributed by atoms with Gasteiger partial charge in [0.25, 0.3) is 0 Å². The predicted octanol–water partition coefficient (Wildman–Crippen LogP) is 3.32. The first-order chi connectivity index (χ1) is 8.43. The first kappa shape index (κ1) is 14.0. The van der Waals surface area contributed by atoms with Crippen LogP contribution in [0.4, 0.5) is 0 Å². The molecule has 5 heteroatoms. The van der Waals surface area contributed by atoms with E-state index in [2.05, 4.69) is 15.9 Å². The van der Waals surface area contributed by atoms with Crippen LogP contribution in [0.3, 0.4) is 0 Å². The Morgan fingerprint density at radius 1 is 1.28 bits per heavy atom. The van der Waals surface area contributed by atoms with Gasteiger partial charge in [-0.15, -0.1) is 0 Å². The number of halogens is 1. The first-order valence-electron chi connectivity index (χ1n) is 6.17. The maximum absolute atomic E-state index is 12.5. The van der Waals surface area contributed by atoms with Crippen LogP contribution in [-0.2, 0) is 10.0 Å². The van der Waals surface area contributed by atoms with E-state index in [1.54, 1.807) is 19.2 Å². The second kappa shape index (κ2) is 5.31. The Bertz CT molecular complexity index is 536. The van der Waals surface area contributed by atoms with E-state index in [0.29, 0.717) is 4.90 Å². The van der Waals surface area contributed by atoms with E-state index in [1.165, 1.54) is 4.31 Å². The van der Waals surface area contributed by atoms with Crippen LogP contribution in [0.25, 0.3) is 0 Å². The van der Waals surface area contributed by atoms with Crippen molar-refractivity contribution >= 4 is 26.0 Å². The molecule has 0 aliphatic heterocycles. The normalized spacial score (nSPS) is 17.6. The highest BCUT2D eigenvalue weighted by Crippen LogP contribution is 2.28. The van der Waals surface area contributed by atoms with Gasteiger partial charge in [-0.2, -0.15) is 4.31 Å². The van der Waals surface area contributed by atoms with Gasteiger partial charge in [-0.3, -0.25) is 0 Å². The number of nitrogens with zero attached hydrogens (tertiary/aromatic N) is 1. The van der Waals surface area contributed by atoms with Crippen molar-refractivity contribution < 1.29 is 8.42 Å². The molecular weight excluding hydrogens is 314 g/mol. The Hall–Kier alpha value is -0.390. The van der Waals surface area contributed by atoms with Crippen LogP contribution in [0.2, 0.25) is 0 Å². The number of sulfonamides is 1. The van der Waals surface area contributed by atoms with Crippen molar-refractivity contribution in [3.8, 4) is 0 Å². The molecule has 1 aliphatic carbocycles. The molecule has 0 radical (unpaired) electrons. The second-order valence-corrected chi connectivity index (χ2v) is 7.72. The van der Waals surface area contributed by atoms with Gasteiger partial charge >= 0.3 is 0 Å². The molecule has 0 saturated heterocycles. The molecule has 18 heavy (non-hydrogen) atoms. The third-order valence-corrected chi connectivity index (χ3v) is 6.42. The minimum absolute atomic E-state index is 0.162. The van der Waals surface area contributed by atoms with E-state index < -0.39 is 10.0 Å². The molecule has 0 amide bonds. The highest BCUT2D eigenvalue weighted by molar-refractivity contribution is 9.10. The fraction of sp³-hybridized carbons (Fsp3) is 0.538. The van der Waals surface area contributed by atoms with E-state index in [0.717, 1.165) is 35.7 Å². The Balaban J connectivity index is 2.32. The molecule has 0 atom stereocenters. The monoisotopic (exact) mass is 331 g/mol. The van der Waals surface area contributed by atoms with E-state index in [1.807, 2.05) is 13.0 Å². The van der Waals surface area contributed by atoms with Crippen LogP contribution in [0.5, 0.6) is 0 Å². The SMILES string of the molecule is Cc1ccc(S(=O)(=O)N(C)C2CCCC2)cc1Br. The molecule has 0 unspecified atom stereocenters. The molecule has 1 fully saturated rings. The minimum atomic E-state index is -3.36. The van der Waals surface area contributed by atoms with Crippen LogP contribution in [-0.4, -0.2) is 25.8 Å². The fourth-order valence-corrected chi connectivity index (χ4v) is 4.34. The van der Waals surface area contributed by atoms with Gasteiger partial charge < -0.3 is 0 Å². The quantitative estimate of drug-likeness (QED) is 0.851. The molecule has 0 heterocycles. The van der Waals surface area contributed by atoms with E-state index in [9.17, 15) is 8.42 Å². The molecular formula is C13H18BrNO2S. The first-order valence-corrected chi connectivity index (χ1v) is 8.40. The van der Waals surface area contributed by atoms with Crippen LogP contribution >= 0.6 is 15.9 Å². The third kappa shape index (κ3) is 2.63. The number of benzene rings is 1. The molecule has 1 saturated carbocycles. The summed E-state index contributed by atoms with van der Waals surface area (Å²) >= 11 is 3.39. The van der Waals surface area contributed by atoms with Gasteiger partial charge in [-0.1, -0.05) is 34.8 Å². The highest BCUT2D eigenvalue weighted by Gasteiger charge is 2.30. The summed E-state index contributed by atoms with van der Waals surface area (Å²) in [6.45, 7) is 1.95. The number of hydrogen-bond donors (Lipinski definition) is 0. The molecule has 3 nitrogen and oxygen atoms in total. The summed E-state index contributed by atoms with van der Waals surface area (Å²) in [4.78, 5) is 0.370. The smallest absolute Gasteiger partial charge is 0.207 e. The van der Waals surface area contributed by atoms with Crippen LogP contribution < -0.4 is 0 Å². The van der Waals surface area contributed by atoms with Gasteiger partial charge in [0.15, 0.2) is 0 Å². The zero-order valence-electron chi connectivity index (χ0n) is 10.7. The number of rotatable bonds is 3. The number of hydrogen-bond acceptors (Lipinski definition) is 2. The average Bonchev–Trinajstić information content (AvgIpc) is 2.85. The van der Waals surface area contributed by atoms with Crippen molar-refractivity contribution in [2.45, 2.75) is 43.5 Å². The van der Waals surface area contributed by atoms with Crippen LogP contribution in [0, 0.1) is 6.92 Å². The van der Waals surface area contributed by atoms with Crippen molar-refractivity contribution in [1.82, 2.24) is 4.31 Å². The van der Waals surface area contributed by atoms with Gasteiger partial charge in [0.2, 0.25) is 10.0 Å². The van der Waals surface area contributed by atoms with E-state index in [-0.39, 0.29) is 6.04 Å². The lowest BCUT2D eigenvalue weighted by molar-refractivity contribution is 0.373. The van der Waals surface area contributed by atoms with Crippen molar-refractivity contribution in [3.05, 3.63) is 28.2 Å². The standard InChI is InChI=1S/C13H18BrNO2S/c1-10-7-8-12(9-13(10)14)18(16,17)15(2)11-5-3-4-6-11/h7-9,11H,3-6H2,1-2H3. The Morgan fingerprint density at radius 2 is 1.89 bits per heavy atom. The fourth-order valence-electron chi connectivity index (χ4n) is 2.36. The summed E-state index contributed by atoms with van der Waals surface area (Å²) in [5.74, 6) is 0. The predicted molar refractivity (Wildman–Crippen MR) is 76.1 cm³/mol. The Labute approximate surface area is 117 Å². The average molecular weight is 332 g/mol. The lowest BCUT2D eigenvalue weighted by Crippen LogP contribution is -2.35. The van der Waals surface area contributed by atoms with Crippen LogP contribution in [0.15, 0.2) is 27.6 Å². The molecule has 2 rings (SSSR count). The summed E-state index contributed by atoms with van der Waals surface area (Å²) in [5, 5.41) is 0. The summed E-state index contributed by atoms with van der Waals surface area (Å²) in [6, 6.07) is 5.37.